The Morgan fingerprint density at radius 3 is 2.91 bits per heavy atom. The summed E-state index contributed by atoms with van der Waals surface area (Å²) in [5.41, 5.74) is 4.57. The van der Waals surface area contributed by atoms with Gasteiger partial charge in [0.15, 0.2) is 0 Å². The third-order valence-electron chi connectivity index (χ3n) is 5.58. The Hall–Kier alpha value is -4.07. The van der Waals surface area contributed by atoms with Crippen LogP contribution in [0.15, 0.2) is 61.1 Å². The van der Waals surface area contributed by atoms with E-state index in [0.717, 1.165) is 11.3 Å². The van der Waals surface area contributed by atoms with E-state index in [4.69, 9.17) is 4.74 Å². The average molecular weight is 443 g/mol. The third-order valence-corrected chi connectivity index (χ3v) is 5.58. The fourth-order valence-corrected chi connectivity index (χ4v) is 4.06. The van der Waals surface area contributed by atoms with Gasteiger partial charge in [0.1, 0.15) is 17.7 Å². The van der Waals surface area contributed by atoms with Crippen LogP contribution in [0.5, 0.6) is 5.75 Å². The summed E-state index contributed by atoms with van der Waals surface area (Å²) < 4.78 is 22.2. The van der Waals surface area contributed by atoms with Crippen molar-refractivity contribution in [3.63, 3.8) is 0 Å². The number of para-hydroxylation sites is 1. The fourth-order valence-electron chi connectivity index (χ4n) is 4.06. The Morgan fingerprint density at radius 2 is 2.09 bits per heavy atom. The second-order valence-corrected chi connectivity index (χ2v) is 8.01. The number of aromatic nitrogens is 4. The van der Waals surface area contributed by atoms with Gasteiger partial charge in [-0.05, 0) is 44.2 Å². The Kier molecular flexibility index (Phi) is 5.34. The minimum absolute atomic E-state index is 0.229. The van der Waals surface area contributed by atoms with Crippen molar-refractivity contribution in [2.24, 2.45) is 0 Å². The quantitative estimate of drug-likeness (QED) is 0.507. The lowest BCUT2D eigenvalue weighted by Gasteiger charge is -2.15. The lowest BCUT2D eigenvalue weighted by Crippen LogP contribution is -2.35. The van der Waals surface area contributed by atoms with Gasteiger partial charge in [0, 0.05) is 36.1 Å². The minimum Gasteiger partial charge on any atom is -0.487 e. The van der Waals surface area contributed by atoms with Crippen LogP contribution in [0.25, 0.3) is 16.9 Å². The summed E-state index contributed by atoms with van der Waals surface area (Å²) in [5.74, 6) is 0.0101. The number of hydrogen-bond donors (Lipinski definition) is 1. The number of carbonyl (C=O) groups is 1. The van der Waals surface area contributed by atoms with Gasteiger partial charge in [-0.3, -0.25) is 9.78 Å². The van der Waals surface area contributed by atoms with E-state index in [2.05, 4.69) is 20.4 Å². The van der Waals surface area contributed by atoms with Gasteiger partial charge in [0.05, 0.1) is 34.9 Å². The summed E-state index contributed by atoms with van der Waals surface area (Å²) in [6.45, 7) is 3.96. The van der Waals surface area contributed by atoms with Crippen molar-refractivity contribution in [2.75, 3.05) is 6.54 Å². The molecule has 1 N–H and O–H groups in total. The number of nitrogens with one attached hydrogen (secondary N) is 1. The first-order chi connectivity index (χ1) is 16.0. The summed E-state index contributed by atoms with van der Waals surface area (Å²) in [5, 5.41) is 7.17. The van der Waals surface area contributed by atoms with Gasteiger partial charge in [-0.15, -0.1) is 0 Å². The predicted octanol–water partition coefficient (Wildman–Crippen LogP) is 3.82. The molecule has 4 aromatic rings. The van der Waals surface area contributed by atoms with Crippen LogP contribution in [-0.2, 0) is 6.42 Å². The third kappa shape index (κ3) is 4.07. The zero-order valence-electron chi connectivity index (χ0n) is 18.2. The highest BCUT2D eigenvalue weighted by molar-refractivity contribution is 5.97. The van der Waals surface area contributed by atoms with Crippen molar-refractivity contribution in [3.8, 4) is 22.7 Å². The molecule has 7 nitrogen and oxygen atoms in total. The first-order valence-corrected chi connectivity index (χ1v) is 10.7. The Balaban J connectivity index is 1.35. The van der Waals surface area contributed by atoms with Gasteiger partial charge in [0.25, 0.3) is 5.91 Å². The maximum Gasteiger partial charge on any atom is 0.253 e. The standard InChI is InChI=1S/C25H22FN5O2/c1-15-13-27-16(2)23(30-15)21-12-18(26)10-17-11-19(33-24(17)21)14-28-25(32)20-6-3-4-7-22(20)31-9-5-8-29-31/h3-10,12-13,19H,11,14H2,1-2H3,(H,28,32). The molecule has 0 spiro atoms. The lowest BCUT2D eigenvalue weighted by molar-refractivity contribution is 0.0933. The first-order valence-electron chi connectivity index (χ1n) is 10.7. The van der Waals surface area contributed by atoms with E-state index in [1.807, 2.05) is 32.0 Å². The molecule has 8 heteroatoms. The molecule has 1 aliphatic heterocycles. The van der Waals surface area contributed by atoms with Crippen LogP contribution in [0.3, 0.4) is 0 Å². The number of carbonyl (C=O) groups excluding carboxylic acids is 1. The number of aryl methyl sites for hydroxylation is 2. The molecule has 1 unspecified atom stereocenters. The van der Waals surface area contributed by atoms with E-state index >= 15 is 0 Å². The summed E-state index contributed by atoms with van der Waals surface area (Å²) in [6.07, 6.45) is 5.29. The monoisotopic (exact) mass is 443 g/mol. The smallest absolute Gasteiger partial charge is 0.253 e. The number of rotatable bonds is 5. The summed E-state index contributed by atoms with van der Waals surface area (Å²) >= 11 is 0. The molecule has 3 heterocycles. The van der Waals surface area contributed by atoms with Crippen LogP contribution in [-0.4, -0.2) is 38.3 Å². The van der Waals surface area contributed by atoms with Crippen molar-refractivity contribution in [1.82, 2.24) is 25.1 Å². The molecule has 2 aromatic heterocycles. The Labute approximate surface area is 190 Å². The molecular weight excluding hydrogens is 421 g/mol. The van der Waals surface area contributed by atoms with Crippen LogP contribution >= 0.6 is 0 Å². The van der Waals surface area contributed by atoms with Gasteiger partial charge in [0.2, 0.25) is 0 Å². The van der Waals surface area contributed by atoms with Crippen molar-refractivity contribution >= 4 is 5.91 Å². The van der Waals surface area contributed by atoms with Crippen LogP contribution in [0.4, 0.5) is 4.39 Å². The van der Waals surface area contributed by atoms with Crippen LogP contribution in [0, 0.1) is 19.7 Å². The topological polar surface area (TPSA) is 81.9 Å². The molecule has 1 amide bonds. The van der Waals surface area contributed by atoms with E-state index in [1.165, 1.54) is 12.1 Å². The number of nitrogens with zero attached hydrogens (tertiary/aromatic N) is 4. The molecular formula is C25H22FN5O2. The molecule has 0 radical (unpaired) electrons. The Morgan fingerprint density at radius 1 is 1.24 bits per heavy atom. The SMILES string of the molecule is Cc1cnc(C)c(-c2cc(F)cc3c2OC(CNC(=O)c2ccccc2-n2cccn2)C3)n1. The predicted molar refractivity (Wildman–Crippen MR) is 121 cm³/mol. The molecule has 0 bridgehead atoms. The molecule has 166 valence electrons. The van der Waals surface area contributed by atoms with Gasteiger partial charge < -0.3 is 10.1 Å². The van der Waals surface area contributed by atoms with Crippen molar-refractivity contribution in [1.29, 1.82) is 0 Å². The van der Waals surface area contributed by atoms with Crippen molar-refractivity contribution < 1.29 is 13.9 Å². The molecule has 0 saturated carbocycles. The molecule has 0 saturated heterocycles. The van der Waals surface area contributed by atoms with Crippen molar-refractivity contribution in [2.45, 2.75) is 26.4 Å². The highest BCUT2D eigenvalue weighted by atomic mass is 19.1. The Bertz CT molecular complexity index is 1340. The van der Waals surface area contributed by atoms with E-state index in [9.17, 15) is 9.18 Å². The first kappa shape index (κ1) is 20.8. The molecule has 33 heavy (non-hydrogen) atoms. The largest absolute Gasteiger partial charge is 0.487 e. The summed E-state index contributed by atoms with van der Waals surface area (Å²) in [4.78, 5) is 21.8. The normalized spacial score (nSPS) is 14.6. The average Bonchev–Trinajstić information content (AvgIpc) is 3.48. The molecule has 1 atom stereocenters. The van der Waals surface area contributed by atoms with E-state index < -0.39 is 0 Å². The molecule has 2 aromatic carbocycles. The number of amides is 1. The van der Waals surface area contributed by atoms with Crippen molar-refractivity contribution in [3.05, 3.63) is 89.4 Å². The second kappa shape index (κ2) is 8.46. The van der Waals surface area contributed by atoms with Gasteiger partial charge in [-0.25, -0.2) is 14.1 Å². The second-order valence-electron chi connectivity index (χ2n) is 8.01. The summed E-state index contributed by atoms with van der Waals surface area (Å²) in [6, 6.07) is 12.0. The number of halogens is 1. The van der Waals surface area contributed by atoms with Gasteiger partial charge in [-0.1, -0.05) is 12.1 Å². The number of ether oxygens (including phenoxy) is 1. The highest BCUT2D eigenvalue weighted by Gasteiger charge is 2.29. The highest BCUT2D eigenvalue weighted by Crippen LogP contribution is 2.39. The van der Waals surface area contributed by atoms with Gasteiger partial charge in [-0.2, -0.15) is 5.10 Å². The minimum atomic E-state index is -0.354. The van der Waals surface area contributed by atoms with Crippen LogP contribution in [0.1, 0.15) is 27.3 Å². The fraction of sp³-hybridized carbons (Fsp3) is 0.200. The van der Waals surface area contributed by atoms with E-state index in [1.54, 1.807) is 35.4 Å². The van der Waals surface area contributed by atoms with E-state index in [-0.39, 0.29) is 24.4 Å². The zero-order chi connectivity index (χ0) is 22.9. The number of fused-ring (bicyclic) bond motifs is 1. The molecule has 1 aliphatic rings. The zero-order valence-corrected chi connectivity index (χ0v) is 18.2. The molecule has 0 aliphatic carbocycles. The maximum absolute atomic E-state index is 14.4. The molecule has 5 rings (SSSR count). The van der Waals surface area contributed by atoms with Crippen LogP contribution < -0.4 is 10.1 Å². The van der Waals surface area contributed by atoms with Gasteiger partial charge >= 0.3 is 0 Å². The number of hydrogen-bond acceptors (Lipinski definition) is 5. The summed E-state index contributed by atoms with van der Waals surface area (Å²) in [7, 11) is 0. The number of benzene rings is 2. The van der Waals surface area contributed by atoms with Crippen LogP contribution in [0.2, 0.25) is 0 Å². The van der Waals surface area contributed by atoms with E-state index in [0.29, 0.717) is 40.4 Å². The lowest BCUT2D eigenvalue weighted by atomic mass is 10.0. The maximum atomic E-state index is 14.4. The molecule has 0 fully saturated rings.